The van der Waals surface area contributed by atoms with Gasteiger partial charge in [0.25, 0.3) is 5.91 Å². The van der Waals surface area contributed by atoms with Gasteiger partial charge in [-0.1, -0.05) is 11.6 Å². The zero-order valence-electron chi connectivity index (χ0n) is 9.45. The van der Waals surface area contributed by atoms with E-state index in [1.165, 1.54) is 12.3 Å². The lowest BCUT2D eigenvalue weighted by Gasteiger charge is -2.08. The molecule has 4 nitrogen and oxygen atoms in total. The number of nitrogen functional groups attached to an aromatic ring is 1. The molecular formula is C12H8ClF2N3O. The molecule has 1 heterocycles. The van der Waals surface area contributed by atoms with Gasteiger partial charge in [0.1, 0.15) is 17.5 Å². The van der Waals surface area contributed by atoms with E-state index in [-0.39, 0.29) is 22.1 Å². The van der Waals surface area contributed by atoms with Crippen LogP contribution < -0.4 is 11.1 Å². The van der Waals surface area contributed by atoms with Gasteiger partial charge in [-0.15, -0.1) is 0 Å². The lowest BCUT2D eigenvalue weighted by atomic mass is 10.2. The molecule has 0 bridgehead atoms. The Labute approximate surface area is 112 Å². The first-order valence-corrected chi connectivity index (χ1v) is 5.52. The second kappa shape index (κ2) is 5.19. The molecule has 2 rings (SSSR count). The number of amides is 1. The number of pyridine rings is 1. The summed E-state index contributed by atoms with van der Waals surface area (Å²) in [7, 11) is 0. The highest BCUT2D eigenvalue weighted by atomic mass is 35.5. The summed E-state index contributed by atoms with van der Waals surface area (Å²) >= 11 is 5.79. The van der Waals surface area contributed by atoms with E-state index in [9.17, 15) is 13.6 Å². The molecule has 19 heavy (non-hydrogen) atoms. The summed E-state index contributed by atoms with van der Waals surface area (Å²) < 4.78 is 26.1. The van der Waals surface area contributed by atoms with Gasteiger partial charge >= 0.3 is 0 Å². The van der Waals surface area contributed by atoms with Crippen molar-refractivity contribution in [2.45, 2.75) is 0 Å². The van der Waals surface area contributed by atoms with E-state index in [1.54, 1.807) is 0 Å². The van der Waals surface area contributed by atoms with E-state index in [0.717, 1.165) is 12.1 Å². The number of benzene rings is 1. The molecule has 0 unspecified atom stereocenters. The van der Waals surface area contributed by atoms with Crippen molar-refractivity contribution in [2.24, 2.45) is 0 Å². The number of hydrogen-bond acceptors (Lipinski definition) is 3. The first-order chi connectivity index (χ1) is 8.97. The molecule has 0 saturated carbocycles. The molecule has 0 aliphatic rings. The monoisotopic (exact) mass is 283 g/mol. The Bertz CT molecular complexity index is 649. The third-order valence-electron chi connectivity index (χ3n) is 2.30. The van der Waals surface area contributed by atoms with Crippen LogP contribution in [0, 0.1) is 11.6 Å². The van der Waals surface area contributed by atoms with Crippen LogP contribution in [0.15, 0.2) is 30.5 Å². The van der Waals surface area contributed by atoms with Crippen molar-refractivity contribution in [3.63, 3.8) is 0 Å². The molecule has 0 aliphatic heterocycles. The number of anilines is 2. The zero-order chi connectivity index (χ0) is 14.0. The van der Waals surface area contributed by atoms with Crippen LogP contribution in [0.4, 0.5) is 20.3 Å². The Morgan fingerprint density at radius 2 is 2.05 bits per heavy atom. The highest BCUT2D eigenvalue weighted by Gasteiger charge is 2.14. The summed E-state index contributed by atoms with van der Waals surface area (Å²) in [6.07, 6.45) is 1.22. The molecule has 0 atom stereocenters. The van der Waals surface area contributed by atoms with Crippen molar-refractivity contribution in [3.8, 4) is 0 Å². The number of nitrogens with two attached hydrogens (primary N) is 1. The highest BCUT2D eigenvalue weighted by Crippen LogP contribution is 2.20. The molecule has 98 valence electrons. The Morgan fingerprint density at radius 1 is 1.32 bits per heavy atom. The third-order valence-corrected chi connectivity index (χ3v) is 2.60. The number of carbonyl (C=O) groups excluding carboxylic acids is 1. The number of rotatable bonds is 2. The van der Waals surface area contributed by atoms with Crippen LogP contribution in [0.25, 0.3) is 0 Å². The molecule has 1 amide bonds. The van der Waals surface area contributed by atoms with Gasteiger partial charge in [-0.05, 0) is 18.2 Å². The first-order valence-electron chi connectivity index (χ1n) is 5.15. The lowest BCUT2D eigenvalue weighted by molar-refractivity contribution is 0.102. The molecule has 3 N–H and O–H groups in total. The first kappa shape index (κ1) is 13.2. The number of carbonyl (C=O) groups is 1. The summed E-state index contributed by atoms with van der Waals surface area (Å²) in [5.41, 5.74) is 5.33. The highest BCUT2D eigenvalue weighted by molar-refractivity contribution is 6.34. The minimum Gasteiger partial charge on any atom is -0.384 e. The van der Waals surface area contributed by atoms with Crippen molar-refractivity contribution in [2.75, 3.05) is 11.1 Å². The summed E-state index contributed by atoms with van der Waals surface area (Å²) in [6, 6.07) is 4.07. The molecule has 2 aromatic rings. The number of halogens is 3. The SMILES string of the molecule is Nc1cc(C(=O)Nc2ccc(F)cc2F)c(Cl)cn1. The van der Waals surface area contributed by atoms with Crippen LogP contribution in [0.5, 0.6) is 0 Å². The molecule has 0 fully saturated rings. The minimum absolute atomic E-state index is 0.0536. The van der Waals surface area contributed by atoms with Crippen LogP contribution >= 0.6 is 11.6 Å². The largest absolute Gasteiger partial charge is 0.384 e. The second-order valence-corrected chi connectivity index (χ2v) is 4.07. The van der Waals surface area contributed by atoms with Gasteiger partial charge in [-0.3, -0.25) is 4.79 Å². The Hall–Kier alpha value is -2.21. The average Bonchev–Trinajstić information content (AvgIpc) is 2.35. The van der Waals surface area contributed by atoms with E-state index in [4.69, 9.17) is 17.3 Å². The number of nitrogens with zero attached hydrogens (tertiary/aromatic N) is 1. The van der Waals surface area contributed by atoms with E-state index >= 15 is 0 Å². The minimum atomic E-state index is -0.883. The molecule has 1 aromatic carbocycles. The smallest absolute Gasteiger partial charge is 0.257 e. The lowest BCUT2D eigenvalue weighted by Crippen LogP contribution is -2.14. The molecule has 0 aliphatic carbocycles. The van der Waals surface area contributed by atoms with Crippen LogP contribution in [0.2, 0.25) is 5.02 Å². The molecule has 7 heteroatoms. The number of nitrogens with one attached hydrogen (secondary N) is 1. The summed E-state index contributed by atoms with van der Waals surface area (Å²) in [5, 5.41) is 2.35. The molecule has 0 saturated heterocycles. The fourth-order valence-corrected chi connectivity index (χ4v) is 1.60. The maximum absolute atomic E-state index is 13.4. The van der Waals surface area contributed by atoms with Crippen molar-refractivity contribution in [3.05, 3.63) is 52.7 Å². The van der Waals surface area contributed by atoms with Gasteiger partial charge in [-0.2, -0.15) is 0 Å². The van der Waals surface area contributed by atoms with Crippen LogP contribution in [0.3, 0.4) is 0 Å². The predicted octanol–water partition coefficient (Wildman–Crippen LogP) is 2.85. The number of hydrogen-bond donors (Lipinski definition) is 2. The van der Waals surface area contributed by atoms with Crippen LogP contribution in [-0.2, 0) is 0 Å². The van der Waals surface area contributed by atoms with Crippen LogP contribution in [-0.4, -0.2) is 10.9 Å². The van der Waals surface area contributed by atoms with Crippen molar-refractivity contribution >= 4 is 29.0 Å². The molecule has 1 aromatic heterocycles. The van der Waals surface area contributed by atoms with E-state index < -0.39 is 17.5 Å². The van der Waals surface area contributed by atoms with Gasteiger partial charge in [0, 0.05) is 12.3 Å². The van der Waals surface area contributed by atoms with Gasteiger partial charge in [0.2, 0.25) is 0 Å². The number of aromatic nitrogens is 1. The summed E-state index contributed by atoms with van der Waals surface area (Å²) in [5.74, 6) is -2.17. The van der Waals surface area contributed by atoms with E-state index in [0.29, 0.717) is 6.07 Å². The normalized spacial score (nSPS) is 10.3. The Balaban J connectivity index is 2.28. The fraction of sp³-hybridized carbons (Fsp3) is 0. The zero-order valence-corrected chi connectivity index (χ0v) is 10.2. The summed E-state index contributed by atoms with van der Waals surface area (Å²) in [4.78, 5) is 15.6. The maximum Gasteiger partial charge on any atom is 0.257 e. The predicted molar refractivity (Wildman–Crippen MR) is 68.0 cm³/mol. The van der Waals surface area contributed by atoms with E-state index in [1.807, 2.05) is 0 Å². The van der Waals surface area contributed by atoms with Gasteiger partial charge in [0.15, 0.2) is 0 Å². The maximum atomic E-state index is 13.4. The van der Waals surface area contributed by atoms with E-state index in [2.05, 4.69) is 10.3 Å². The molecular weight excluding hydrogens is 276 g/mol. The summed E-state index contributed by atoms with van der Waals surface area (Å²) in [6.45, 7) is 0. The van der Waals surface area contributed by atoms with Crippen molar-refractivity contribution in [1.82, 2.24) is 4.98 Å². The van der Waals surface area contributed by atoms with Crippen LogP contribution in [0.1, 0.15) is 10.4 Å². The average molecular weight is 284 g/mol. The van der Waals surface area contributed by atoms with Gasteiger partial charge in [-0.25, -0.2) is 13.8 Å². The Morgan fingerprint density at radius 3 is 2.74 bits per heavy atom. The standard InChI is InChI=1S/C12H8ClF2N3O/c13-8-5-17-11(16)4-7(8)12(19)18-10-2-1-6(14)3-9(10)15/h1-5H,(H2,16,17)(H,18,19). The molecule has 0 spiro atoms. The Kier molecular flexibility index (Phi) is 3.62. The third kappa shape index (κ3) is 2.97. The second-order valence-electron chi connectivity index (χ2n) is 3.67. The van der Waals surface area contributed by atoms with Crippen molar-refractivity contribution in [1.29, 1.82) is 0 Å². The van der Waals surface area contributed by atoms with Gasteiger partial charge in [0.05, 0.1) is 16.3 Å². The fourth-order valence-electron chi connectivity index (χ4n) is 1.41. The van der Waals surface area contributed by atoms with Crippen molar-refractivity contribution < 1.29 is 13.6 Å². The van der Waals surface area contributed by atoms with Gasteiger partial charge < -0.3 is 11.1 Å². The quantitative estimate of drug-likeness (QED) is 0.890. The topological polar surface area (TPSA) is 68.0 Å². The molecule has 0 radical (unpaired) electrons.